The second kappa shape index (κ2) is 8.21. The van der Waals surface area contributed by atoms with Crippen LogP contribution in [-0.4, -0.2) is 48.0 Å². The lowest BCUT2D eigenvalue weighted by Crippen LogP contribution is -2.38. The molecule has 1 unspecified atom stereocenters. The average molecular weight is 316 g/mol. The van der Waals surface area contributed by atoms with Gasteiger partial charge in [-0.05, 0) is 38.1 Å². The third-order valence-electron chi connectivity index (χ3n) is 3.19. The number of hydrogen-bond donors (Lipinski definition) is 2. The number of nitrogens with one attached hydrogen (secondary N) is 2. The highest BCUT2D eigenvalue weighted by atomic mass is 32.2. The lowest BCUT2D eigenvalue weighted by atomic mass is 10.1. The van der Waals surface area contributed by atoms with Crippen molar-refractivity contribution >= 4 is 10.0 Å². The molecule has 0 saturated carbocycles. The number of methoxy groups -OCH3 is 2. The Kier molecular flexibility index (Phi) is 6.94. The van der Waals surface area contributed by atoms with Gasteiger partial charge in [0.2, 0.25) is 10.0 Å². The van der Waals surface area contributed by atoms with E-state index in [9.17, 15) is 8.42 Å². The van der Waals surface area contributed by atoms with Gasteiger partial charge in [0.25, 0.3) is 0 Å². The maximum Gasteiger partial charge on any atom is 0.215 e. The first-order valence-electron chi connectivity index (χ1n) is 6.78. The van der Waals surface area contributed by atoms with Gasteiger partial charge >= 0.3 is 0 Å². The van der Waals surface area contributed by atoms with Crippen molar-refractivity contribution < 1.29 is 17.9 Å². The molecule has 0 aliphatic rings. The zero-order valence-electron chi connectivity index (χ0n) is 13.0. The fraction of sp³-hybridized carbons (Fsp3) is 0.571. The summed E-state index contributed by atoms with van der Waals surface area (Å²) in [6, 6.07) is 5.56. The molecule has 21 heavy (non-hydrogen) atoms. The zero-order chi connectivity index (χ0) is 15.9. The number of ether oxygens (including phenoxy) is 2. The molecule has 7 heteroatoms. The maximum absolute atomic E-state index is 11.9. The largest absolute Gasteiger partial charge is 0.493 e. The first kappa shape index (κ1) is 17.7. The van der Waals surface area contributed by atoms with Crippen LogP contribution in [0.3, 0.4) is 0 Å². The Morgan fingerprint density at radius 1 is 1.19 bits per heavy atom. The second-order valence-electron chi connectivity index (χ2n) is 4.75. The summed E-state index contributed by atoms with van der Waals surface area (Å²) in [6.07, 6.45) is 0.589. The molecule has 1 atom stereocenters. The minimum atomic E-state index is -3.29. The van der Waals surface area contributed by atoms with Crippen molar-refractivity contribution in [2.24, 2.45) is 0 Å². The molecule has 0 bridgehead atoms. The Balaban J connectivity index is 2.60. The molecule has 2 N–H and O–H groups in total. The van der Waals surface area contributed by atoms with E-state index in [1.165, 1.54) is 0 Å². The van der Waals surface area contributed by atoms with Crippen LogP contribution in [-0.2, 0) is 16.4 Å². The predicted molar refractivity (Wildman–Crippen MR) is 83.6 cm³/mol. The Morgan fingerprint density at radius 3 is 2.43 bits per heavy atom. The Labute approximate surface area is 126 Å². The van der Waals surface area contributed by atoms with Crippen molar-refractivity contribution in [3.63, 3.8) is 0 Å². The Morgan fingerprint density at radius 2 is 1.86 bits per heavy atom. The molecule has 0 aliphatic heterocycles. The van der Waals surface area contributed by atoms with Gasteiger partial charge in [0.05, 0.1) is 19.5 Å². The van der Waals surface area contributed by atoms with Crippen molar-refractivity contribution in [1.29, 1.82) is 0 Å². The van der Waals surface area contributed by atoms with Crippen LogP contribution in [0.2, 0.25) is 0 Å². The summed E-state index contributed by atoms with van der Waals surface area (Å²) in [7, 11) is 1.59. The molecule has 0 radical (unpaired) electrons. The molecule has 0 aromatic heterocycles. The van der Waals surface area contributed by atoms with Crippen LogP contribution in [0.15, 0.2) is 18.2 Å². The highest BCUT2D eigenvalue weighted by Gasteiger charge is 2.18. The average Bonchev–Trinajstić information content (AvgIpc) is 2.47. The lowest BCUT2D eigenvalue weighted by Gasteiger charge is -2.14. The Bertz CT molecular complexity index is 546. The molecule has 120 valence electrons. The van der Waals surface area contributed by atoms with E-state index in [0.29, 0.717) is 31.0 Å². The van der Waals surface area contributed by atoms with Gasteiger partial charge in [0.1, 0.15) is 0 Å². The maximum atomic E-state index is 11.9. The van der Waals surface area contributed by atoms with Crippen molar-refractivity contribution in [2.75, 3.05) is 34.4 Å². The van der Waals surface area contributed by atoms with Gasteiger partial charge in [0.15, 0.2) is 11.5 Å². The van der Waals surface area contributed by atoms with E-state index < -0.39 is 15.3 Å². The molecule has 6 nitrogen and oxygen atoms in total. The first-order chi connectivity index (χ1) is 9.94. The van der Waals surface area contributed by atoms with E-state index in [0.717, 1.165) is 5.56 Å². The third-order valence-corrected chi connectivity index (χ3v) is 5.02. The predicted octanol–water partition coefficient (Wildman–Crippen LogP) is 0.774. The van der Waals surface area contributed by atoms with E-state index in [2.05, 4.69) is 10.0 Å². The topological polar surface area (TPSA) is 76.7 Å². The quantitative estimate of drug-likeness (QED) is 0.704. The molecule has 0 fully saturated rings. The fourth-order valence-corrected chi connectivity index (χ4v) is 2.97. The summed E-state index contributed by atoms with van der Waals surface area (Å²) < 4.78 is 36.9. The van der Waals surface area contributed by atoms with Crippen LogP contribution in [0.4, 0.5) is 0 Å². The van der Waals surface area contributed by atoms with Crippen LogP contribution in [0.25, 0.3) is 0 Å². The summed E-state index contributed by atoms with van der Waals surface area (Å²) in [5, 5.41) is 2.39. The Hall–Kier alpha value is -1.31. The summed E-state index contributed by atoms with van der Waals surface area (Å²) in [6.45, 7) is 2.45. The lowest BCUT2D eigenvalue weighted by molar-refractivity contribution is 0.354. The molecule has 1 aromatic rings. The monoisotopic (exact) mass is 316 g/mol. The smallest absolute Gasteiger partial charge is 0.215 e. The van der Waals surface area contributed by atoms with Crippen LogP contribution < -0.4 is 19.5 Å². The first-order valence-corrected chi connectivity index (χ1v) is 8.33. The van der Waals surface area contributed by atoms with Crippen molar-refractivity contribution in [3.05, 3.63) is 23.8 Å². The molecule has 0 spiro atoms. The van der Waals surface area contributed by atoms with E-state index in [1.807, 2.05) is 18.2 Å². The molecular formula is C14H24N2O4S. The highest BCUT2D eigenvalue weighted by Crippen LogP contribution is 2.27. The molecule has 0 saturated heterocycles. The molecule has 0 heterocycles. The van der Waals surface area contributed by atoms with E-state index in [1.54, 1.807) is 28.2 Å². The summed E-state index contributed by atoms with van der Waals surface area (Å²) in [4.78, 5) is 0. The van der Waals surface area contributed by atoms with Gasteiger partial charge in [0, 0.05) is 13.1 Å². The third kappa shape index (κ3) is 5.18. The van der Waals surface area contributed by atoms with Gasteiger partial charge < -0.3 is 14.8 Å². The van der Waals surface area contributed by atoms with Gasteiger partial charge in [-0.3, -0.25) is 0 Å². The van der Waals surface area contributed by atoms with Gasteiger partial charge in [-0.2, -0.15) is 0 Å². The van der Waals surface area contributed by atoms with Crippen LogP contribution >= 0.6 is 0 Å². The van der Waals surface area contributed by atoms with Crippen molar-refractivity contribution in [3.8, 4) is 11.5 Å². The van der Waals surface area contributed by atoms with Crippen molar-refractivity contribution in [1.82, 2.24) is 10.0 Å². The number of rotatable bonds is 9. The van der Waals surface area contributed by atoms with E-state index in [4.69, 9.17) is 9.47 Å². The van der Waals surface area contributed by atoms with Gasteiger partial charge in [-0.15, -0.1) is 0 Å². The number of benzene rings is 1. The molecule has 1 aromatic carbocycles. The summed E-state index contributed by atoms with van der Waals surface area (Å²) in [5.74, 6) is 1.30. The normalized spacial score (nSPS) is 13.0. The minimum absolute atomic E-state index is 0.353. The SMILES string of the molecule is CNCC(C)S(=O)(=O)NCCc1ccc(OC)c(OC)c1. The summed E-state index contributed by atoms with van der Waals surface area (Å²) in [5.41, 5.74) is 0.983. The fourth-order valence-electron chi connectivity index (χ4n) is 1.91. The summed E-state index contributed by atoms with van der Waals surface area (Å²) >= 11 is 0. The number of sulfonamides is 1. The standard InChI is InChI=1S/C14H24N2O4S/c1-11(10-15-2)21(17,18)16-8-7-12-5-6-13(19-3)14(9-12)20-4/h5-6,9,11,15-16H,7-8,10H2,1-4H3. The van der Waals surface area contributed by atoms with E-state index in [-0.39, 0.29) is 0 Å². The van der Waals surface area contributed by atoms with E-state index >= 15 is 0 Å². The molecular weight excluding hydrogens is 292 g/mol. The van der Waals surface area contributed by atoms with Crippen LogP contribution in [0.1, 0.15) is 12.5 Å². The van der Waals surface area contributed by atoms with Crippen LogP contribution in [0, 0.1) is 0 Å². The van der Waals surface area contributed by atoms with Gasteiger partial charge in [-0.25, -0.2) is 13.1 Å². The van der Waals surface area contributed by atoms with Crippen LogP contribution in [0.5, 0.6) is 11.5 Å². The highest BCUT2D eigenvalue weighted by molar-refractivity contribution is 7.90. The molecule has 0 amide bonds. The van der Waals surface area contributed by atoms with Gasteiger partial charge in [-0.1, -0.05) is 6.07 Å². The minimum Gasteiger partial charge on any atom is -0.493 e. The number of hydrogen-bond acceptors (Lipinski definition) is 5. The molecule has 0 aliphatic carbocycles. The molecule has 1 rings (SSSR count). The second-order valence-corrected chi connectivity index (χ2v) is 6.93. The zero-order valence-corrected chi connectivity index (χ0v) is 13.8. The van der Waals surface area contributed by atoms with Crippen molar-refractivity contribution in [2.45, 2.75) is 18.6 Å².